The van der Waals surface area contributed by atoms with Gasteiger partial charge in [0.15, 0.2) is 11.5 Å². The van der Waals surface area contributed by atoms with Gasteiger partial charge in [-0.3, -0.25) is 9.30 Å². The first kappa shape index (κ1) is 29.1. The molecule has 3 atom stereocenters. The fourth-order valence-electron chi connectivity index (χ4n) is 6.49. The molecule has 1 aliphatic carbocycles. The van der Waals surface area contributed by atoms with Crippen molar-refractivity contribution in [2.24, 2.45) is 0 Å². The number of hydrogen-bond acceptors (Lipinski definition) is 6. The van der Waals surface area contributed by atoms with Gasteiger partial charge in [0.05, 0.1) is 24.4 Å². The SMILES string of the molecule is CN1CCCC1(C)c1nnc2ccc(O[C@@H]3CC[C@H](NC(=O)Nc4cc(CO)cc(C(C)(C)C)c4)c4ccccc43)cn12. The summed E-state index contributed by atoms with van der Waals surface area (Å²) in [4.78, 5) is 15.5. The molecule has 1 aliphatic heterocycles. The molecule has 0 saturated carbocycles. The molecular weight excluding hydrogens is 540 g/mol. The first-order chi connectivity index (χ1) is 20.5. The van der Waals surface area contributed by atoms with Gasteiger partial charge in [0, 0.05) is 5.69 Å². The average Bonchev–Trinajstić information content (AvgIpc) is 3.56. The second-order valence-corrected chi connectivity index (χ2v) is 13.2. The van der Waals surface area contributed by atoms with Crippen LogP contribution in [0.4, 0.5) is 10.5 Å². The third kappa shape index (κ3) is 5.71. The average molecular weight is 583 g/mol. The van der Waals surface area contributed by atoms with Gasteiger partial charge in [-0.2, -0.15) is 0 Å². The number of aliphatic hydroxyl groups excluding tert-OH is 1. The van der Waals surface area contributed by atoms with Crippen LogP contribution in [0.1, 0.15) is 93.6 Å². The largest absolute Gasteiger partial charge is 0.484 e. The molecule has 43 heavy (non-hydrogen) atoms. The lowest BCUT2D eigenvalue weighted by Crippen LogP contribution is -2.37. The van der Waals surface area contributed by atoms with Gasteiger partial charge in [0.1, 0.15) is 11.9 Å². The van der Waals surface area contributed by atoms with Crippen molar-refractivity contribution >= 4 is 17.4 Å². The highest BCUT2D eigenvalue weighted by Crippen LogP contribution is 2.40. The molecule has 4 aromatic rings. The molecule has 1 fully saturated rings. The molecule has 6 rings (SSSR count). The minimum absolute atomic E-state index is 0.0838. The zero-order valence-electron chi connectivity index (χ0n) is 25.7. The number of amides is 2. The minimum Gasteiger partial charge on any atom is -0.484 e. The van der Waals surface area contributed by atoms with Gasteiger partial charge in [0.2, 0.25) is 0 Å². The molecule has 9 heteroatoms. The Balaban J connectivity index is 1.19. The van der Waals surface area contributed by atoms with Gasteiger partial charge in [-0.1, -0.05) is 51.1 Å². The Morgan fingerprint density at radius 2 is 1.88 bits per heavy atom. The lowest BCUT2D eigenvalue weighted by molar-refractivity contribution is 0.170. The van der Waals surface area contributed by atoms with E-state index >= 15 is 0 Å². The van der Waals surface area contributed by atoms with Crippen LogP contribution in [-0.4, -0.2) is 44.2 Å². The van der Waals surface area contributed by atoms with Crippen LogP contribution >= 0.6 is 0 Å². The first-order valence-electron chi connectivity index (χ1n) is 15.2. The maximum atomic E-state index is 13.2. The molecular formula is C34H42N6O3. The smallest absolute Gasteiger partial charge is 0.319 e. The van der Waals surface area contributed by atoms with Crippen LogP contribution in [0, 0.1) is 0 Å². The number of aliphatic hydroxyl groups is 1. The Labute approximate surface area is 253 Å². The summed E-state index contributed by atoms with van der Waals surface area (Å²) >= 11 is 0. The number of urea groups is 1. The van der Waals surface area contributed by atoms with E-state index in [0.29, 0.717) is 5.69 Å². The predicted molar refractivity (Wildman–Crippen MR) is 167 cm³/mol. The number of rotatable bonds is 6. The zero-order chi connectivity index (χ0) is 30.4. The van der Waals surface area contributed by atoms with Crippen molar-refractivity contribution in [3.05, 3.63) is 88.9 Å². The van der Waals surface area contributed by atoms with Gasteiger partial charge < -0.3 is 20.5 Å². The monoisotopic (exact) mass is 582 g/mol. The van der Waals surface area contributed by atoms with E-state index in [1.807, 2.05) is 48.7 Å². The van der Waals surface area contributed by atoms with Crippen LogP contribution in [0.3, 0.4) is 0 Å². The van der Waals surface area contributed by atoms with Gasteiger partial charge in [-0.15, -0.1) is 10.2 Å². The summed E-state index contributed by atoms with van der Waals surface area (Å²) in [5.41, 5.74) is 5.15. The van der Waals surface area contributed by atoms with Gasteiger partial charge in [-0.25, -0.2) is 4.79 Å². The van der Waals surface area contributed by atoms with E-state index < -0.39 is 0 Å². The maximum Gasteiger partial charge on any atom is 0.319 e. The van der Waals surface area contributed by atoms with E-state index in [9.17, 15) is 9.90 Å². The van der Waals surface area contributed by atoms with Crippen LogP contribution in [0.25, 0.3) is 5.65 Å². The van der Waals surface area contributed by atoms with Crippen molar-refractivity contribution in [3.63, 3.8) is 0 Å². The molecule has 3 heterocycles. The van der Waals surface area contributed by atoms with E-state index in [0.717, 1.165) is 71.7 Å². The second-order valence-electron chi connectivity index (χ2n) is 13.2. The normalized spacial score (nSPS) is 22.4. The summed E-state index contributed by atoms with van der Waals surface area (Å²) in [7, 11) is 2.15. The summed E-state index contributed by atoms with van der Waals surface area (Å²) in [6.45, 7) is 9.53. The van der Waals surface area contributed by atoms with E-state index in [1.165, 1.54) is 0 Å². The maximum absolute atomic E-state index is 13.2. The van der Waals surface area contributed by atoms with E-state index in [2.05, 4.69) is 77.0 Å². The molecule has 9 nitrogen and oxygen atoms in total. The quantitative estimate of drug-likeness (QED) is 0.249. The highest BCUT2D eigenvalue weighted by atomic mass is 16.5. The van der Waals surface area contributed by atoms with Crippen molar-refractivity contribution in [1.29, 1.82) is 0 Å². The topological polar surface area (TPSA) is 104 Å². The van der Waals surface area contributed by atoms with Crippen molar-refractivity contribution in [2.45, 2.75) is 83.1 Å². The molecule has 1 saturated heterocycles. The van der Waals surface area contributed by atoms with Gasteiger partial charge in [-0.05, 0) is 98.1 Å². The number of nitrogens with zero attached hydrogens (tertiary/aromatic N) is 4. The number of carbonyl (C=O) groups excluding carboxylic acids is 1. The molecule has 0 radical (unpaired) electrons. The van der Waals surface area contributed by atoms with Crippen molar-refractivity contribution < 1.29 is 14.6 Å². The Bertz CT molecular complexity index is 1640. The fraction of sp³-hybridized carbons (Fsp3) is 0.441. The van der Waals surface area contributed by atoms with E-state index in [-0.39, 0.29) is 35.7 Å². The Morgan fingerprint density at radius 3 is 2.60 bits per heavy atom. The van der Waals surface area contributed by atoms with Crippen molar-refractivity contribution in [2.75, 3.05) is 18.9 Å². The molecule has 3 N–H and O–H groups in total. The molecule has 2 amide bonds. The standard InChI is InChI=1S/C34H42N6O3/c1-33(2,3)23-17-22(21-41)18-24(19-23)35-32(42)36-28-12-13-29(27-10-7-6-9-26(27)28)43-25-11-14-30-37-38-31(40(30)20-25)34(4)15-8-16-39(34)5/h6-7,9-11,14,17-20,28-29,41H,8,12-13,15-16,21H2,1-5H3,(H2,35,36,42)/t28-,29+,34?/m0/s1. The van der Waals surface area contributed by atoms with Gasteiger partial charge >= 0.3 is 6.03 Å². The molecule has 226 valence electrons. The summed E-state index contributed by atoms with van der Waals surface area (Å²) < 4.78 is 8.68. The summed E-state index contributed by atoms with van der Waals surface area (Å²) in [6, 6.07) is 17.4. The second kappa shape index (κ2) is 11.3. The number of ether oxygens (including phenoxy) is 1. The van der Waals surface area contributed by atoms with Crippen molar-refractivity contribution in [3.8, 4) is 5.75 Å². The number of pyridine rings is 1. The summed E-state index contributed by atoms with van der Waals surface area (Å²) in [5.74, 6) is 1.70. The number of carbonyl (C=O) groups is 1. The third-order valence-electron chi connectivity index (χ3n) is 9.18. The molecule has 2 aromatic carbocycles. The molecule has 1 unspecified atom stereocenters. The first-order valence-corrected chi connectivity index (χ1v) is 15.2. The molecule has 0 bridgehead atoms. The number of aromatic nitrogens is 3. The van der Waals surface area contributed by atoms with Crippen LogP contribution < -0.4 is 15.4 Å². The van der Waals surface area contributed by atoms with Crippen LogP contribution in [0.5, 0.6) is 5.75 Å². The Morgan fingerprint density at radius 1 is 1.09 bits per heavy atom. The highest BCUT2D eigenvalue weighted by molar-refractivity contribution is 5.89. The number of benzene rings is 2. The minimum atomic E-state index is -0.273. The fourth-order valence-corrected chi connectivity index (χ4v) is 6.49. The Kier molecular flexibility index (Phi) is 7.64. The summed E-state index contributed by atoms with van der Waals surface area (Å²) in [5, 5.41) is 24.9. The van der Waals surface area contributed by atoms with Crippen LogP contribution in [-0.2, 0) is 17.6 Å². The van der Waals surface area contributed by atoms with Crippen molar-refractivity contribution in [1.82, 2.24) is 24.8 Å². The van der Waals surface area contributed by atoms with Crippen LogP contribution in [0.15, 0.2) is 60.8 Å². The molecule has 2 aliphatic rings. The highest BCUT2D eigenvalue weighted by Gasteiger charge is 2.39. The van der Waals surface area contributed by atoms with Crippen LogP contribution in [0.2, 0.25) is 0 Å². The van der Waals surface area contributed by atoms with E-state index in [4.69, 9.17) is 4.74 Å². The Hall–Kier alpha value is -3.95. The molecule has 2 aromatic heterocycles. The number of anilines is 1. The van der Waals surface area contributed by atoms with E-state index in [1.54, 1.807) is 0 Å². The lowest BCUT2D eigenvalue weighted by atomic mass is 9.85. The van der Waals surface area contributed by atoms with Gasteiger partial charge in [0.25, 0.3) is 0 Å². The number of likely N-dealkylation sites (tertiary alicyclic amines) is 1. The third-order valence-corrected chi connectivity index (χ3v) is 9.18. The number of hydrogen-bond donors (Lipinski definition) is 3. The lowest BCUT2D eigenvalue weighted by Gasteiger charge is -2.32. The number of fused-ring (bicyclic) bond motifs is 2. The summed E-state index contributed by atoms with van der Waals surface area (Å²) in [6.07, 6.45) is 5.53. The zero-order valence-corrected chi connectivity index (χ0v) is 25.7. The molecule has 0 spiro atoms. The predicted octanol–water partition coefficient (Wildman–Crippen LogP) is 6.24. The number of nitrogens with one attached hydrogen (secondary N) is 2.